The Bertz CT molecular complexity index is 1300. The fourth-order valence-electron chi connectivity index (χ4n) is 3.86. The Morgan fingerprint density at radius 3 is 2.32 bits per heavy atom. The van der Waals surface area contributed by atoms with E-state index in [9.17, 15) is 0 Å². The smallest absolute Gasteiger partial charge is 0.119 e. The number of hydrogen-bond donors (Lipinski definition) is 0. The molecule has 152 valence electrons. The first kappa shape index (κ1) is 19.4. The Morgan fingerprint density at radius 2 is 1.55 bits per heavy atom. The molecule has 3 nitrogen and oxygen atoms in total. The molecule has 1 atom stereocenters. The molecule has 0 aliphatic heterocycles. The molecular weight excluding hydrogens is 404 g/mol. The van der Waals surface area contributed by atoms with Crippen molar-refractivity contribution in [3.05, 3.63) is 131 Å². The molecular formula is C27H21ClN2O. The number of benzene rings is 4. The van der Waals surface area contributed by atoms with Gasteiger partial charge in [-0.1, -0.05) is 78.3 Å². The fraction of sp³-hybridized carbons (Fsp3) is 0.0741. The Labute approximate surface area is 186 Å². The highest BCUT2D eigenvalue weighted by molar-refractivity contribution is 6.31. The Kier molecular flexibility index (Phi) is 5.42. The van der Waals surface area contributed by atoms with Crippen molar-refractivity contribution in [2.75, 3.05) is 0 Å². The van der Waals surface area contributed by atoms with E-state index in [4.69, 9.17) is 16.3 Å². The van der Waals surface area contributed by atoms with Crippen LogP contribution in [0.5, 0.6) is 5.75 Å². The van der Waals surface area contributed by atoms with Gasteiger partial charge in [0.05, 0.1) is 12.4 Å². The molecule has 1 unspecified atom stereocenters. The molecule has 1 heterocycles. The summed E-state index contributed by atoms with van der Waals surface area (Å²) in [6.07, 6.45) is 5.68. The molecule has 0 amide bonds. The van der Waals surface area contributed by atoms with Gasteiger partial charge in [-0.3, -0.25) is 0 Å². The van der Waals surface area contributed by atoms with Crippen molar-refractivity contribution >= 4 is 22.4 Å². The maximum absolute atomic E-state index is 6.23. The summed E-state index contributed by atoms with van der Waals surface area (Å²) in [5.74, 6) is 0.812. The number of aromatic nitrogens is 2. The van der Waals surface area contributed by atoms with E-state index in [1.165, 1.54) is 21.9 Å². The number of fused-ring (bicyclic) bond motifs is 1. The van der Waals surface area contributed by atoms with Gasteiger partial charge in [0.1, 0.15) is 12.4 Å². The largest absolute Gasteiger partial charge is 0.489 e. The van der Waals surface area contributed by atoms with E-state index < -0.39 is 0 Å². The Morgan fingerprint density at radius 1 is 0.806 bits per heavy atom. The van der Waals surface area contributed by atoms with E-state index in [0.717, 1.165) is 16.3 Å². The van der Waals surface area contributed by atoms with Gasteiger partial charge in [-0.2, -0.15) is 0 Å². The number of rotatable bonds is 6. The number of ether oxygens (including phenoxy) is 1. The van der Waals surface area contributed by atoms with E-state index >= 15 is 0 Å². The van der Waals surface area contributed by atoms with Gasteiger partial charge >= 0.3 is 0 Å². The van der Waals surface area contributed by atoms with Gasteiger partial charge in [-0.05, 0) is 46.2 Å². The van der Waals surface area contributed by atoms with Gasteiger partial charge in [-0.25, -0.2) is 4.98 Å². The van der Waals surface area contributed by atoms with Crippen LogP contribution in [0.15, 0.2) is 110 Å². The van der Waals surface area contributed by atoms with Gasteiger partial charge in [0, 0.05) is 23.0 Å². The van der Waals surface area contributed by atoms with Crippen molar-refractivity contribution in [2.24, 2.45) is 0 Å². The van der Waals surface area contributed by atoms with Gasteiger partial charge in [0.2, 0.25) is 0 Å². The first-order valence-electron chi connectivity index (χ1n) is 10.2. The highest BCUT2D eigenvalue weighted by atomic mass is 35.5. The lowest BCUT2D eigenvalue weighted by molar-refractivity contribution is 0.306. The van der Waals surface area contributed by atoms with Crippen LogP contribution < -0.4 is 4.74 Å². The van der Waals surface area contributed by atoms with Gasteiger partial charge < -0.3 is 9.30 Å². The summed E-state index contributed by atoms with van der Waals surface area (Å²) in [5, 5.41) is 3.18. The summed E-state index contributed by atoms with van der Waals surface area (Å²) >= 11 is 6.23. The summed E-state index contributed by atoms with van der Waals surface area (Å²) < 4.78 is 8.09. The zero-order chi connectivity index (χ0) is 21.0. The molecule has 0 saturated carbocycles. The van der Waals surface area contributed by atoms with Crippen LogP contribution in [0.1, 0.15) is 22.7 Å². The number of imidazole rings is 1. The second-order valence-corrected chi connectivity index (χ2v) is 7.88. The lowest BCUT2D eigenvalue weighted by Gasteiger charge is -2.20. The van der Waals surface area contributed by atoms with E-state index in [2.05, 4.69) is 64.1 Å². The summed E-state index contributed by atoms with van der Waals surface area (Å²) in [6.45, 7) is 0.439. The lowest BCUT2D eigenvalue weighted by atomic mass is 9.96. The minimum absolute atomic E-state index is 0.0322. The summed E-state index contributed by atoms with van der Waals surface area (Å²) in [6, 6.07) is 31.1. The maximum Gasteiger partial charge on any atom is 0.119 e. The number of halogens is 1. The van der Waals surface area contributed by atoms with Gasteiger partial charge in [0.25, 0.3) is 0 Å². The SMILES string of the molecule is Clc1ccccc1COc1ccc(C(c2ccc3ccccc3c2)n2ccnc2)cc1. The summed E-state index contributed by atoms with van der Waals surface area (Å²) in [5.41, 5.74) is 3.35. The van der Waals surface area contributed by atoms with Crippen LogP contribution in [0.4, 0.5) is 0 Å². The van der Waals surface area contributed by atoms with Gasteiger partial charge in [-0.15, -0.1) is 0 Å². The quantitative estimate of drug-likeness (QED) is 0.296. The van der Waals surface area contributed by atoms with Crippen LogP contribution in [0.25, 0.3) is 10.8 Å². The molecule has 0 saturated heterocycles. The molecule has 4 heteroatoms. The molecule has 5 rings (SSSR count). The Hall–Kier alpha value is -3.56. The Balaban J connectivity index is 1.44. The first-order chi connectivity index (χ1) is 15.3. The van der Waals surface area contributed by atoms with Gasteiger partial charge in [0.15, 0.2) is 0 Å². The highest BCUT2D eigenvalue weighted by Crippen LogP contribution is 2.30. The monoisotopic (exact) mass is 424 g/mol. The predicted molar refractivity (Wildman–Crippen MR) is 126 cm³/mol. The van der Waals surface area contributed by atoms with Crippen LogP contribution in [0.3, 0.4) is 0 Å². The van der Waals surface area contributed by atoms with Crippen molar-refractivity contribution in [2.45, 2.75) is 12.6 Å². The van der Waals surface area contributed by atoms with Crippen molar-refractivity contribution in [3.8, 4) is 5.75 Å². The zero-order valence-electron chi connectivity index (χ0n) is 16.9. The fourth-order valence-corrected chi connectivity index (χ4v) is 4.05. The van der Waals surface area contributed by atoms with E-state index in [1.54, 1.807) is 0 Å². The molecule has 4 aromatic carbocycles. The second-order valence-electron chi connectivity index (χ2n) is 7.47. The normalized spacial score (nSPS) is 12.0. The van der Waals surface area contributed by atoms with Crippen LogP contribution >= 0.6 is 11.6 Å². The minimum Gasteiger partial charge on any atom is -0.489 e. The average molecular weight is 425 g/mol. The molecule has 0 fully saturated rings. The second kappa shape index (κ2) is 8.66. The van der Waals surface area contributed by atoms with Crippen LogP contribution in [0, 0.1) is 0 Å². The van der Waals surface area contributed by atoms with Crippen molar-refractivity contribution in [1.82, 2.24) is 9.55 Å². The van der Waals surface area contributed by atoms with Crippen molar-refractivity contribution in [1.29, 1.82) is 0 Å². The molecule has 0 spiro atoms. The lowest BCUT2D eigenvalue weighted by Crippen LogP contribution is -2.10. The maximum atomic E-state index is 6.23. The molecule has 1 aromatic heterocycles. The average Bonchev–Trinajstić information content (AvgIpc) is 3.34. The van der Waals surface area contributed by atoms with Crippen LogP contribution in [0.2, 0.25) is 5.02 Å². The molecule has 0 aliphatic rings. The van der Waals surface area contributed by atoms with Crippen LogP contribution in [-0.2, 0) is 6.61 Å². The van der Waals surface area contributed by atoms with E-state index in [1.807, 2.05) is 55.1 Å². The number of nitrogens with zero attached hydrogens (tertiary/aromatic N) is 2. The van der Waals surface area contributed by atoms with E-state index in [0.29, 0.717) is 6.61 Å². The highest BCUT2D eigenvalue weighted by Gasteiger charge is 2.16. The molecule has 0 N–H and O–H groups in total. The van der Waals surface area contributed by atoms with Crippen molar-refractivity contribution in [3.63, 3.8) is 0 Å². The summed E-state index contributed by atoms with van der Waals surface area (Å²) in [4.78, 5) is 4.27. The predicted octanol–water partition coefficient (Wildman–Crippen LogP) is 6.91. The third-order valence-corrected chi connectivity index (χ3v) is 5.83. The van der Waals surface area contributed by atoms with Crippen LogP contribution in [-0.4, -0.2) is 9.55 Å². The first-order valence-corrected chi connectivity index (χ1v) is 10.6. The number of hydrogen-bond acceptors (Lipinski definition) is 2. The zero-order valence-corrected chi connectivity index (χ0v) is 17.6. The topological polar surface area (TPSA) is 27.1 Å². The van der Waals surface area contributed by atoms with Crippen molar-refractivity contribution < 1.29 is 4.74 Å². The minimum atomic E-state index is 0.0322. The molecule has 0 bridgehead atoms. The van der Waals surface area contributed by atoms with E-state index in [-0.39, 0.29) is 6.04 Å². The summed E-state index contributed by atoms with van der Waals surface area (Å²) in [7, 11) is 0. The third kappa shape index (κ3) is 4.18. The molecule has 0 radical (unpaired) electrons. The third-order valence-electron chi connectivity index (χ3n) is 5.46. The molecule has 31 heavy (non-hydrogen) atoms. The molecule has 5 aromatic rings. The molecule has 0 aliphatic carbocycles. The standard InChI is InChI=1S/C27H21ClN2O/c28-26-8-4-3-7-24(26)18-31-25-13-11-21(12-14-25)27(30-16-15-29-19-30)23-10-9-20-5-1-2-6-22(20)17-23/h1-17,19,27H,18H2.